The van der Waals surface area contributed by atoms with Crippen LogP contribution in [0.2, 0.25) is 5.02 Å². The average molecular weight is 390 g/mol. The lowest BCUT2D eigenvalue weighted by atomic mass is 10.2. The van der Waals surface area contributed by atoms with Gasteiger partial charge in [-0.15, -0.1) is 11.8 Å². The zero-order valence-corrected chi connectivity index (χ0v) is 16.0. The second-order valence-electron chi connectivity index (χ2n) is 6.80. The number of thioether (sulfide) groups is 1. The molecular weight excluding hydrogens is 370 g/mol. The predicted molar refractivity (Wildman–Crippen MR) is 104 cm³/mol. The van der Waals surface area contributed by atoms with Crippen molar-refractivity contribution in [3.05, 3.63) is 63.0 Å². The molecule has 1 amide bonds. The number of rotatable bonds is 4. The van der Waals surface area contributed by atoms with Gasteiger partial charge in [0.05, 0.1) is 5.69 Å². The van der Waals surface area contributed by atoms with Crippen molar-refractivity contribution in [1.82, 2.24) is 14.7 Å². The van der Waals surface area contributed by atoms with Crippen molar-refractivity contribution < 1.29 is 4.79 Å². The van der Waals surface area contributed by atoms with Crippen molar-refractivity contribution in [3.63, 3.8) is 0 Å². The summed E-state index contributed by atoms with van der Waals surface area (Å²) < 4.78 is 1.35. The molecule has 5 nitrogen and oxygen atoms in total. The third-order valence-corrected chi connectivity index (χ3v) is 6.41. The van der Waals surface area contributed by atoms with Gasteiger partial charge in [-0.25, -0.2) is 4.68 Å². The van der Waals surface area contributed by atoms with Crippen LogP contribution in [0, 0.1) is 0 Å². The first-order chi connectivity index (χ1) is 12.5. The van der Waals surface area contributed by atoms with Crippen LogP contribution in [0.15, 0.2) is 41.2 Å². The SMILES string of the molecule is CC(C(=O)N1CCSC1c1ccc(Cl)cc1)n1nc(C2CC2)ccc1=O. The normalized spacial score (nSPS) is 21.0. The Labute approximate surface area is 161 Å². The highest BCUT2D eigenvalue weighted by Crippen LogP contribution is 2.40. The predicted octanol–water partition coefficient (Wildman–Crippen LogP) is 3.61. The van der Waals surface area contributed by atoms with E-state index < -0.39 is 6.04 Å². The molecule has 26 heavy (non-hydrogen) atoms. The fourth-order valence-corrected chi connectivity index (χ4v) is 4.65. The van der Waals surface area contributed by atoms with Crippen LogP contribution >= 0.6 is 23.4 Å². The van der Waals surface area contributed by atoms with Gasteiger partial charge >= 0.3 is 0 Å². The molecule has 1 aromatic heterocycles. The molecule has 2 aromatic rings. The number of carbonyl (C=O) groups excluding carboxylic acids is 1. The molecule has 136 valence electrons. The van der Waals surface area contributed by atoms with Crippen molar-refractivity contribution in [2.75, 3.05) is 12.3 Å². The first-order valence-corrected chi connectivity index (χ1v) is 10.2. The lowest BCUT2D eigenvalue weighted by Crippen LogP contribution is -2.40. The summed E-state index contributed by atoms with van der Waals surface area (Å²) in [6, 6.07) is 10.3. The Morgan fingerprint density at radius 3 is 2.65 bits per heavy atom. The Morgan fingerprint density at radius 1 is 1.23 bits per heavy atom. The largest absolute Gasteiger partial charge is 0.324 e. The van der Waals surface area contributed by atoms with Gasteiger partial charge in [0, 0.05) is 29.3 Å². The fraction of sp³-hybridized carbons (Fsp3) is 0.421. The van der Waals surface area contributed by atoms with E-state index in [0.29, 0.717) is 17.5 Å². The Bertz CT molecular complexity index is 879. The van der Waals surface area contributed by atoms with E-state index >= 15 is 0 Å². The highest BCUT2D eigenvalue weighted by molar-refractivity contribution is 7.99. The topological polar surface area (TPSA) is 55.2 Å². The molecule has 1 aliphatic heterocycles. The highest BCUT2D eigenvalue weighted by atomic mass is 35.5. The van der Waals surface area contributed by atoms with Gasteiger partial charge in [-0.1, -0.05) is 23.7 Å². The van der Waals surface area contributed by atoms with Gasteiger partial charge in [0.1, 0.15) is 11.4 Å². The monoisotopic (exact) mass is 389 g/mol. The minimum absolute atomic E-state index is 0.0514. The van der Waals surface area contributed by atoms with Crippen molar-refractivity contribution in [2.24, 2.45) is 0 Å². The van der Waals surface area contributed by atoms with Crippen LogP contribution in [0.4, 0.5) is 0 Å². The first-order valence-electron chi connectivity index (χ1n) is 8.82. The summed E-state index contributed by atoms with van der Waals surface area (Å²) in [5, 5.41) is 5.09. The van der Waals surface area contributed by atoms with Gasteiger partial charge in [0.15, 0.2) is 0 Å². The van der Waals surface area contributed by atoms with E-state index in [1.165, 1.54) is 10.7 Å². The quantitative estimate of drug-likeness (QED) is 0.801. The molecule has 1 saturated carbocycles. The van der Waals surface area contributed by atoms with E-state index in [2.05, 4.69) is 5.10 Å². The van der Waals surface area contributed by atoms with Crippen molar-refractivity contribution in [1.29, 1.82) is 0 Å². The number of benzene rings is 1. The smallest absolute Gasteiger partial charge is 0.267 e. The molecule has 7 heteroatoms. The number of carbonyl (C=O) groups is 1. The van der Waals surface area contributed by atoms with Crippen LogP contribution < -0.4 is 5.56 Å². The maximum absolute atomic E-state index is 13.1. The molecule has 0 radical (unpaired) electrons. The summed E-state index contributed by atoms with van der Waals surface area (Å²) in [5.74, 6) is 1.24. The fourth-order valence-electron chi connectivity index (χ4n) is 3.26. The number of hydrogen-bond acceptors (Lipinski definition) is 4. The number of nitrogens with zero attached hydrogens (tertiary/aromatic N) is 3. The zero-order chi connectivity index (χ0) is 18.3. The van der Waals surface area contributed by atoms with E-state index in [0.717, 1.165) is 29.9 Å². The maximum atomic E-state index is 13.1. The first kappa shape index (κ1) is 17.6. The van der Waals surface area contributed by atoms with E-state index in [-0.39, 0.29) is 16.8 Å². The Morgan fingerprint density at radius 2 is 1.96 bits per heavy atom. The van der Waals surface area contributed by atoms with Crippen LogP contribution in [0.1, 0.15) is 48.4 Å². The lowest BCUT2D eigenvalue weighted by molar-refractivity contribution is -0.134. The molecule has 0 N–H and O–H groups in total. The minimum Gasteiger partial charge on any atom is -0.324 e. The molecule has 2 unspecified atom stereocenters. The molecule has 1 aromatic carbocycles. The number of amides is 1. The third-order valence-electron chi connectivity index (χ3n) is 4.89. The van der Waals surface area contributed by atoms with Gasteiger partial charge in [-0.2, -0.15) is 5.10 Å². The number of halogens is 1. The van der Waals surface area contributed by atoms with Crippen LogP contribution in [-0.4, -0.2) is 32.9 Å². The summed E-state index contributed by atoms with van der Waals surface area (Å²) >= 11 is 7.70. The molecule has 4 rings (SSSR count). The summed E-state index contributed by atoms with van der Waals surface area (Å²) in [6.07, 6.45) is 2.21. The van der Waals surface area contributed by atoms with Crippen LogP contribution in [0.3, 0.4) is 0 Å². The van der Waals surface area contributed by atoms with E-state index in [1.807, 2.05) is 29.2 Å². The minimum atomic E-state index is -0.616. The van der Waals surface area contributed by atoms with Crippen LogP contribution in [0.5, 0.6) is 0 Å². The molecule has 2 atom stereocenters. The molecule has 2 fully saturated rings. The van der Waals surface area contributed by atoms with Gasteiger partial charge < -0.3 is 4.90 Å². The maximum Gasteiger partial charge on any atom is 0.267 e. The van der Waals surface area contributed by atoms with Gasteiger partial charge in [0.25, 0.3) is 5.56 Å². The average Bonchev–Trinajstić information content (AvgIpc) is 3.38. The summed E-state index contributed by atoms with van der Waals surface area (Å²) in [4.78, 5) is 27.3. The molecule has 1 aliphatic carbocycles. The summed E-state index contributed by atoms with van der Waals surface area (Å²) in [7, 11) is 0. The second kappa shape index (κ2) is 7.08. The summed E-state index contributed by atoms with van der Waals surface area (Å²) in [6.45, 7) is 2.42. The molecule has 1 saturated heterocycles. The van der Waals surface area contributed by atoms with E-state index in [1.54, 1.807) is 24.8 Å². The molecule has 0 spiro atoms. The van der Waals surface area contributed by atoms with Crippen molar-refractivity contribution in [3.8, 4) is 0 Å². The molecule has 2 heterocycles. The Balaban J connectivity index is 1.59. The second-order valence-corrected chi connectivity index (χ2v) is 8.42. The Hall–Kier alpha value is -1.79. The van der Waals surface area contributed by atoms with Gasteiger partial charge in [0.2, 0.25) is 5.91 Å². The van der Waals surface area contributed by atoms with Crippen LogP contribution in [-0.2, 0) is 4.79 Å². The van der Waals surface area contributed by atoms with Crippen molar-refractivity contribution in [2.45, 2.75) is 37.1 Å². The Kier molecular flexibility index (Phi) is 4.80. The van der Waals surface area contributed by atoms with Crippen molar-refractivity contribution >= 4 is 29.3 Å². The standard InChI is InChI=1S/C19H20ClN3O2S/c1-12(23-17(24)9-8-16(21-23)13-2-3-13)18(25)22-10-11-26-19(22)14-4-6-15(20)7-5-14/h4-9,12-13,19H,2-3,10-11H2,1H3. The number of aromatic nitrogens is 2. The van der Waals surface area contributed by atoms with E-state index in [9.17, 15) is 9.59 Å². The zero-order valence-electron chi connectivity index (χ0n) is 14.5. The lowest BCUT2D eigenvalue weighted by Gasteiger charge is -2.27. The van der Waals surface area contributed by atoms with Gasteiger partial charge in [-0.05, 0) is 43.5 Å². The van der Waals surface area contributed by atoms with Gasteiger partial charge in [-0.3, -0.25) is 9.59 Å². The summed E-state index contributed by atoms with van der Waals surface area (Å²) in [5.41, 5.74) is 1.73. The third kappa shape index (κ3) is 3.40. The molecular formula is C19H20ClN3O2S. The molecule has 2 aliphatic rings. The van der Waals surface area contributed by atoms with Crippen LogP contribution in [0.25, 0.3) is 0 Å². The highest BCUT2D eigenvalue weighted by Gasteiger charge is 2.35. The number of hydrogen-bond donors (Lipinski definition) is 0. The van der Waals surface area contributed by atoms with E-state index in [4.69, 9.17) is 11.6 Å². The molecule has 0 bridgehead atoms.